The van der Waals surface area contributed by atoms with Gasteiger partial charge in [-0.05, 0) is 49.6 Å². The maximum absolute atomic E-state index is 13.1. The van der Waals surface area contributed by atoms with Crippen molar-refractivity contribution in [3.8, 4) is 28.4 Å². The normalized spacial score (nSPS) is 12.8. The number of benzene rings is 2. The minimum Gasteiger partial charge on any atom is -0.491 e. The second-order valence-electron chi connectivity index (χ2n) is 6.52. The lowest BCUT2D eigenvalue weighted by Gasteiger charge is -2.14. The highest BCUT2D eigenvalue weighted by Crippen LogP contribution is 2.36. The third-order valence-electron chi connectivity index (χ3n) is 4.38. The first-order valence-electron chi connectivity index (χ1n) is 8.72. The molecular weight excluding hydrogens is 332 g/mol. The van der Waals surface area contributed by atoms with Gasteiger partial charge in [-0.3, -0.25) is 4.79 Å². The third-order valence-corrected chi connectivity index (χ3v) is 4.38. The Morgan fingerprint density at radius 1 is 1.12 bits per heavy atom. The van der Waals surface area contributed by atoms with Crippen molar-refractivity contribution in [3.63, 3.8) is 0 Å². The lowest BCUT2D eigenvalue weighted by atomic mass is 10.0. The molecule has 0 atom stereocenters. The van der Waals surface area contributed by atoms with Gasteiger partial charge >= 0.3 is 0 Å². The number of hydrogen-bond acceptors (Lipinski definition) is 5. The van der Waals surface area contributed by atoms with Crippen LogP contribution in [0.5, 0.6) is 17.2 Å². The summed E-state index contributed by atoms with van der Waals surface area (Å²) in [6.45, 7) is 6.19. The summed E-state index contributed by atoms with van der Waals surface area (Å²) < 4.78 is 22.4. The first kappa shape index (κ1) is 16.5. The van der Waals surface area contributed by atoms with E-state index in [1.807, 2.05) is 32.9 Å². The van der Waals surface area contributed by atoms with Gasteiger partial charge in [0.1, 0.15) is 17.6 Å². The minimum absolute atomic E-state index is 0.0531. The molecule has 0 unspecified atom stereocenters. The van der Waals surface area contributed by atoms with Crippen molar-refractivity contribution < 1.29 is 18.6 Å². The Labute approximate surface area is 151 Å². The van der Waals surface area contributed by atoms with Crippen molar-refractivity contribution >= 4 is 11.0 Å². The molecule has 0 saturated heterocycles. The maximum atomic E-state index is 13.1. The second-order valence-corrected chi connectivity index (χ2v) is 6.52. The van der Waals surface area contributed by atoms with E-state index < -0.39 is 0 Å². The number of fused-ring (bicyclic) bond motifs is 2. The lowest BCUT2D eigenvalue weighted by Crippen LogP contribution is -2.09. The SMILES string of the molecule is CCc1cc2c(=O)c(-c3ccc4c(c3)OCO4)coc2cc1OC(C)C. The number of hydrogen-bond donors (Lipinski definition) is 0. The molecule has 0 amide bonds. The Balaban J connectivity index is 1.85. The zero-order valence-electron chi connectivity index (χ0n) is 15.0. The first-order chi connectivity index (χ1) is 12.6. The minimum atomic E-state index is -0.0732. The molecule has 0 aliphatic carbocycles. The van der Waals surface area contributed by atoms with Gasteiger partial charge in [-0.25, -0.2) is 0 Å². The summed E-state index contributed by atoms with van der Waals surface area (Å²) in [5.41, 5.74) is 2.67. The van der Waals surface area contributed by atoms with E-state index in [4.69, 9.17) is 18.6 Å². The van der Waals surface area contributed by atoms with Crippen LogP contribution < -0.4 is 19.6 Å². The summed E-state index contributed by atoms with van der Waals surface area (Å²) in [4.78, 5) is 13.1. The van der Waals surface area contributed by atoms with Crippen LogP contribution in [0, 0.1) is 0 Å². The molecule has 134 valence electrons. The Morgan fingerprint density at radius 2 is 1.92 bits per heavy atom. The van der Waals surface area contributed by atoms with Crippen LogP contribution >= 0.6 is 0 Å². The van der Waals surface area contributed by atoms with Gasteiger partial charge in [-0.2, -0.15) is 0 Å². The van der Waals surface area contributed by atoms with Crippen LogP contribution in [0.1, 0.15) is 26.3 Å². The van der Waals surface area contributed by atoms with E-state index in [0.29, 0.717) is 28.0 Å². The molecule has 3 aromatic rings. The Kier molecular flexibility index (Phi) is 4.07. The summed E-state index contributed by atoms with van der Waals surface area (Å²) in [5, 5.41) is 0.549. The van der Waals surface area contributed by atoms with E-state index in [1.165, 1.54) is 6.26 Å². The molecule has 5 nitrogen and oxygen atoms in total. The number of aryl methyl sites for hydroxylation is 1. The molecule has 1 aliphatic heterocycles. The van der Waals surface area contributed by atoms with Gasteiger partial charge in [-0.15, -0.1) is 0 Å². The molecule has 26 heavy (non-hydrogen) atoms. The van der Waals surface area contributed by atoms with Gasteiger partial charge < -0.3 is 18.6 Å². The molecule has 2 heterocycles. The van der Waals surface area contributed by atoms with Crippen molar-refractivity contribution in [2.75, 3.05) is 6.79 Å². The number of ether oxygens (including phenoxy) is 3. The first-order valence-corrected chi connectivity index (χ1v) is 8.72. The Bertz CT molecular complexity index is 1030. The van der Waals surface area contributed by atoms with Gasteiger partial charge in [0.2, 0.25) is 12.2 Å². The van der Waals surface area contributed by atoms with E-state index in [-0.39, 0.29) is 18.3 Å². The smallest absolute Gasteiger partial charge is 0.231 e. The molecule has 2 aromatic carbocycles. The highest BCUT2D eigenvalue weighted by molar-refractivity contribution is 5.84. The molecule has 0 fully saturated rings. The summed E-state index contributed by atoms with van der Waals surface area (Å²) in [6, 6.07) is 9.12. The lowest BCUT2D eigenvalue weighted by molar-refractivity contribution is 0.174. The molecule has 0 radical (unpaired) electrons. The highest BCUT2D eigenvalue weighted by atomic mass is 16.7. The molecule has 0 saturated carbocycles. The van der Waals surface area contributed by atoms with E-state index >= 15 is 0 Å². The molecule has 0 spiro atoms. The van der Waals surface area contributed by atoms with Crippen molar-refractivity contribution in [2.45, 2.75) is 33.3 Å². The molecule has 4 rings (SSSR count). The maximum Gasteiger partial charge on any atom is 0.231 e. The van der Waals surface area contributed by atoms with Gasteiger partial charge in [0.05, 0.1) is 17.1 Å². The highest BCUT2D eigenvalue weighted by Gasteiger charge is 2.17. The monoisotopic (exact) mass is 352 g/mol. The molecular formula is C21H20O5. The van der Waals surface area contributed by atoms with Crippen LogP contribution in [0.2, 0.25) is 0 Å². The quantitative estimate of drug-likeness (QED) is 0.690. The van der Waals surface area contributed by atoms with Crippen LogP contribution in [-0.2, 0) is 6.42 Å². The zero-order chi connectivity index (χ0) is 18.3. The second kappa shape index (κ2) is 6.41. The van der Waals surface area contributed by atoms with E-state index in [0.717, 1.165) is 23.3 Å². The van der Waals surface area contributed by atoms with Gasteiger partial charge in [0.15, 0.2) is 11.5 Å². The molecule has 1 aromatic heterocycles. The Hall–Kier alpha value is -2.95. The van der Waals surface area contributed by atoms with Crippen LogP contribution in [0.3, 0.4) is 0 Å². The van der Waals surface area contributed by atoms with Crippen molar-refractivity contribution in [1.82, 2.24) is 0 Å². The largest absolute Gasteiger partial charge is 0.491 e. The van der Waals surface area contributed by atoms with Gasteiger partial charge in [0, 0.05) is 6.07 Å². The summed E-state index contributed by atoms with van der Waals surface area (Å²) >= 11 is 0. The van der Waals surface area contributed by atoms with Gasteiger partial charge in [-0.1, -0.05) is 13.0 Å². The fraction of sp³-hybridized carbons (Fsp3) is 0.286. The summed E-state index contributed by atoms with van der Waals surface area (Å²) in [7, 11) is 0. The van der Waals surface area contributed by atoms with Crippen molar-refractivity contribution in [2.24, 2.45) is 0 Å². The molecule has 5 heteroatoms. The topological polar surface area (TPSA) is 57.9 Å². The average molecular weight is 352 g/mol. The molecule has 1 aliphatic rings. The van der Waals surface area contributed by atoms with Crippen molar-refractivity contribution in [1.29, 1.82) is 0 Å². The average Bonchev–Trinajstić information content (AvgIpc) is 3.09. The van der Waals surface area contributed by atoms with Crippen LogP contribution in [0.25, 0.3) is 22.1 Å². The van der Waals surface area contributed by atoms with E-state index in [9.17, 15) is 4.79 Å². The van der Waals surface area contributed by atoms with Crippen LogP contribution in [0.15, 0.2) is 45.8 Å². The standard InChI is InChI=1S/C21H20O5/c1-4-13-7-15-19(9-18(13)26-12(2)3)23-10-16(21(15)22)14-5-6-17-20(8-14)25-11-24-17/h5-10,12H,4,11H2,1-3H3. The number of rotatable bonds is 4. The fourth-order valence-corrected chi connectivity index (χ4v) is 3.11. The molecule has 0 bridgehead atoms. The summed E-state index contributed by atoms with van der Waals surface area (Å²) in [5.74, 6) is 2.08. The van der Waals surface area contributed by atoms with Crippen LogP contribution in [-0.4, -0.2) is 12.9 Å². The van der Waals surface area contributed by atoms with Crippen molar-refractivity contribution in [3.05, 3.63) is 52.4 Å². The Morgan fingerprint density at radius 3 is 2.69 bits per heavy atom. The third kappa shape index (κ3) is 2.79. The van der Waals surface area contributed by atoms with E-state index in [1.54, 1.807) is 18.2 Å². The van der Waals surface area contributed by atoms with E-state index in [2.05, 4.69) is 0 Å². The fourth-order valence-electron chi connectivity index (χ4n) is 3.11. The predicted octanol–water partition coefficient (Wildman–Crippen LogP) is 4.54. The molecule has 0 N–H and O–H groups in total. The van der Waals surface area contributed by atoms with Gasteiger partial charge in [0.25, 0.3) is 0 Å². The summed E-state index contributed by atoms with van der Waals surface area (Å²) in [6.07, 6.45) is 2.32. The van der Waals surface area contributed by atoms with Crippen LogP contribution in [0.4, 0.5) is 0 Å². The zero-order valence-corrected chi connectivity index (χ0v) is 15.0. The predicted molar refractivity (Wildman–Crippen MR) is 99.2 cm³/mol.